The molecule has 1 atom stereocenters. The first-order valence-electron chi connectivity index (χ1n) is 10.9. The van der Waals surface area contributed by atoms with E-state index in [-0.39, 0.29) is 24.0 Å². The minimum atomic E-state index is -3.36. The van der Waals surface area contributed by atoms with E-state index >= 15 is 0 Å². The molecular formula is C21H34N2O8S. The van der Waals surface area contributed by atoms with E-state index in [0.29, 0.717) is 51.0 Å². The fourth-order valence-corrected chi connectivity index (χ4v) is 4.10. The van der Waals surface area contributed by atoms with Gasteiger partial charge in [-0.05, 0) is 45.1 Å². The highest BCUT2D eigenvalue weighted by Crippen LogP contribution is 2.19. The topological polar surface area (TPSA) is 145 Å². The standard InChI is InChI=1S/C21H34N2O8S/c1-2-30-21(25)13-5-3-4-7-14-22-32(28,29)15-8-6-11-19(24)17-31-20-12-9-10-18(16-20)23(26)27/h9-10,12,16,19,22,24H,2-8,11,13-15,17H2,1H3. The van der Waals surface area contributed by atoms with Crippen molar-refractivity contribution in [2.24, 2.45) is 0 Å². The SMILES string of the molecule is CCOC(=O)CCCCCCNS(=O)(=O)CCCCC(O)COc1cccc([N+](=O)[O-])c1. The molecule has 0 fully saturated rings. The second-order valence-electron chi connectivity index (χ2n) is 7.40. The van der Waals surface area contributed by atoms with Crippen LogP contribution in [0.4, 0.5) is 5.69 Å². The van der Waals surface area contributed by atoms with Crippen LogP contribution in [0, 0.1) is 10.1 Å². The van der Waals surface area contributed by atoms with Gasteiger partial charge in [0.1, 0.15) is 12.4 Å². The Morgan fingerprint density at radius 2 is 1.94 bits per heavy atom. The molecule has 1 aromatic carbocycles. The third kappa shape index (κ3) is 13.2. The van der Waals surface area contributed by atoms with Gasteiger partial charge in [0.25, 0.3) is 5.69 Å². The van der Waals surface area contributed by atoms with Crippen LogP contribution < -0.4 is 9.46 Å². The van der Waals surface area contributed by atoms with E-state index in [1.807, 2.05) is 0 Å². The number of unbranched alkanes of at least 4 members (excludes halogenated alkanes) is 4. The van der Waals surface area contributed by atoms with Gasteiger partial charge in [-0.3, -0.25) is 14.9 Å². The van der Waals surface area contributed by atoms with Crippen molar-refractivity contribution in [1.82, 2.24) is 4.72 Å². The molecular weight excluding hydrogens is 440 g/mol. The number of esters is 1. The summed E-state index contributed by atoms with van der Waals surface area (Å²) in [5.74, 6) is 0.0775. The molecule has 1 rings (SSSR count). The summed E-state index contributed by atoms with van der Waals surface area (Å²) in [4.78, 5) is 21.4. The van der Waals surface area contributed by atoms with E-state index in [9.17, 15) is 28.4 Å². The minimum Gasteiger partial charge on any atom is -0.491 e. The maximum absolute atomic E-state index is 12.0. The molecule has 182 valence electrons. The van der Waals surface area contributed by atoms with Crippen LogP contribution in [0.1, 0.15) is 58.3 Å². The molecule has 0 heterocycles. The van der Waals surface area contributed by atoms with Crippen molar-refractivity contribution in [3.8, 4) is 5.75 Å². The summed E-state index contributed by atoms with van der Waals surface area (Å²) in [6.45, 7) is 2.49. The van der Waals surface area contributed by atoms with Crippen LogP contribution in [0.2, 0.25) is 0 Å². The van der Waals surface area contributed by atoms with Crippen molar-refractivity contribution in [1.29, 1.82) is 0 Å². The molecule has 0 aliphatic carbocycles. The van der Waals surface area contributed by atoms with E-state index in [4.69, 9.17) is 9.47 Å². The fraction of sp³-hybridized carbons (Fsp3) is 0.667. The number of nitro groups is 1. The van der Waals surface area contributed by atoms with Crippen LogP contribution >= 0.6 is 0 Å². The Labute approximate surface area is 189 Å². The van der Waals surface area contributed by atoms with E-state index in [1.165, 1.54) is 18.2 Å². The van der Waals surface area contributed by atoms with Crippen molar-refractivity contribution < 1.29 is 32.7 Å². The second kappa shape index (κ2) is 15.5. The van der Waals surface area contributed by atoms with Crippen molar-refractivity contribution in [2.75, 3.05) is 25.5 Å². The molecule has 0 aliphatic heterocycles. The number of sulfonamides is 1. The number of carbonyl (C=O) groups excluding carboxylic acids is 1. The van der Waals surface area contributed by atoms with Crippen molar-refractivity contribution in [2.45, 2.75) is 64.4 Å². The number of hydrogen-bond acceptors (Lipinski definition) is 8. The molecule has 0 aliphatic rings. The van der Waals surface area contributed by atoms with Gasteiger partial charge in [0.15, 0.2) is 0 Å². The van der Waals surface area contributed by atoms with Crippen LogP contribution in [0.25, 0.3) is 0 Å². The number of benzene rings is 1. The summed E-state index contributed by atoms with van der Waals surface area (Å²) in [5, 5.41) is 20.7. The third-order valence-corrected chi connectivity index (χ3v) is 6.08. The van der Waals surface area contributed by atoms with E-state index < -0.39 is 21.1 Å². The lowest BCUT2D eigenvalue weighted by atomic mass is 10.1. The predicted molar refractivity (Wildman–Crippen MR) is 120 cm³/mol. The maximum atomic E-state index is 12.0. The largest absolute Gasteiger partial charge is 0.491 e. The molecule has 1 aromatic rings. The van der Waals surface area contributed by atoms with Crippen LogP contribution in [-0.2, 0) is 19.6 Å². The van der Waals surface area contributed by atoms with Gasteiger partial charge in [-0.1, -0.05) is 18.9 Å². The zero-order valence-corrected chi connectivity index (χ0v) is 19.3. The summed E-state index contributed by atoms with van der Waals surface area (Å²) in [7, 11) is -3.36. The Hall–Kier alpha value is -2.24. The highest BCUT2D eigenvalue weighted by Gasteiger charge is 2.12. The van der Waals surface area contributed by atoms with Gasteiger partial charge in [-0.2, -0.15) is 0 Å². The zero-order chi connectivity index (χ0) is 23.8. The number of carbonyl (C=O) groups is 1. The summed E-state index contributed by atoms with van der Waals surface area (Å²) in [6, 6.07) is 5.70. The number of nitrogens with zero attached hydrogens (tertiary/aromatic N) is 1. The quantitative estimate of drug-likeness (QED) is 0.143. The van der Waals surface area contributed by atoms with Crippen molar-refractivity contribution >= 4 is 21.7 Å². The van der Waals surface area contributed by atoms with Crippen LogP contribution in [0.15, 0.2) is 24.3 Å². The normalized spacial score (nSPS) is 12.3. The molecule has 11 heteroatoms. The molecule has 0 amide bonds. The van der Waals surface area contributed by atoms with Gasteiger partial charge in [0.05, 0.1) is 29.5 Å². The van der Waals surface area contributed by atoms with Crippen molar-refractivity contribution in [3.05, 3.63) is 34.4 Å². The van der Waals surface area contributed by atoms with Gasteiger partial charge in [-0.15, -0.1) is 0 Å². The first kappa shape index (κ1) is 27.8. The lowest BCUT2D eigenvalue weighted by Gasteiger charge is -2.12. The number of nitro benzene ring substituents is 1. The average molecular weight is 475 g/mol. The average Bonchev–Trinajstić information content (AvgIpc) is 2.75. The highest BCUT2D eigenvalue weighted by molar-refractivity contribution is 7.89. The highest BCUT2D eigenvalue weighted by atomic mass is 32.2. The Morgan fingerprint density at radius 1 is 1.19 bits per heavy atom. The number of non-ortho nitro benzene ring substituents is 1. The first-order valence-corrected chi connectivity index (χ1v) is 12.6. The molecule has 0 saturated heterocycles. The number of hydrogen-bond donors (Lipinski definition) is 2. The lowest BCUT2D eigenvalue weighted by Crippen LogP contribution is -2.27. The monoisotopic (exact) mass is 474 g/mol. The smallest absolute Gasteiger partial charge is 0.305 e. The van der Waals surface area contributed by atoms with Gasteiger partial charge in [-0.25, -0.2) is 13.1 Å². The van der Waals surface area contributed by atoms with E-state index in [2.05, 4.69) is 4.72 Å². The van der Waals surface area contributed by atoms with Crippen molar-refractivity contribution in [3.63, 3.8) is 0 Å². The molecule has 0 saturated carbocycles. The number of rotatable bonds is 18. The van der Waals surface area contributed by atoms with Crippen LogP contribution in [0.3, 0.4) is 0 Å². The number of nitrogens with one attached hydrogen (secondary N) is 1. The zero-order valence-electron chi connectivity index (χ0n) is 18.5. The summed E-state index contributed by atoms with van der Waals surface area (Å²) in [5.41, 5.74) is -0.0913. The molecule has 0 radical (unpaired) electrons. The molecule has 0 spiro atoms. The lowest BCUT2D eigenvalue weighted by molar-refractivity contribution is -0.384. The Morgan fingerprint density at radius 3 is 2.66 bits per heavy atom. The second-order valence-corrected chi connectivity index (χ2v) is 9.32. The Kier molecular flexibility index (Phi) is 13.5. The van der Waals surface area contributed by atoms with Gasteiger partial charge >= 0.3 is 5.97 Å². The van der Waals surface area contributed by atoms with Gasteiger partial charge < -0.3 is 14.6 Å². The Balaban J connectivity index is 2.09. The molecule has 32 heavy (non-hydrogen) atoms. The molecule has 10 nitrogen and oxygen atoms in total. The van der Waals surface area contributed by atoms with Crippen LogP contribution in [0.5, 0.6) is 5.75 Å². The molecule has 2 N–H and O–H groups in total. The first-order chi connectivity index (χ1) is 15.2. The van der Waals surface area contributed by atoms with Gasteiger partial charge in [0, 0.05) is 19.0 Å². The minimum absolute atomic E-state index is 0.0195. The number of aliphatic hydroxyl groups is 1. The summed E-state index contributed by atoms with van der Waals surface area (Å²) >= 11 is 0. The number of aliphatic hydroxyl groups excluding tert-OH is 1. The molecule has 1 unspecified atom stereocenters. The summed E-state index contributed by atoms with van der Waals surface area (Å²) in [6.07, 6.45) is 3.99. The summed E-state index contributed by atoms with van der Waals surface area (Å²) < 4.78 is 36.8. The van der Waals surface area contributed by atoms with Crippen LogP contribution in [-0.4, -0.2) is 56.0 Å². The fourth-order valence-electron chi connectivity index (χ4n) is 2.92. The number of ether oxygens (including phenoxy) is 2. The molecule has 0 bridgehead atoms. The predicted octanol–water partition coefficient (Wildman–Crippen LogP) is 2.94. The van der Waals surface area contributed by atoms with E-state index in [0.717, 1.165) is 19.3 Å². The van der Waals surface area contributed by atoms with Gasteiger partial charge in [0.2, 0.25) is 10.0 Å². The molecule has 0 aromatic heterocycles. The Bertz CT molecular complexity index is 801. The third-order valence-electron chi connectivity index (χ3n) is 4.61. The maximum Gasteiger partial charge on any atom is 0.305 e. The van der Waals surface area contributed by atoms with E-state index in [1.54, 1.807) is 13.0 Å².